The van der Waals surface area contributed by atoms with Crippen molar-refractivity contribution in [3.63, 3.8) is 0 Å². The molecule has 0 fully saturated rings. The molecule has 3 N–H and O–H groups in total. The second kappa shape index (κ2) is 9.74. The van der Waals surface area contributed by atoms with E-state index in [1.807, 2.05) is 57.2 Å². The SMILES string of the molecule is Cc1ccc2c(c1)C(=NNc1cccc(-c3cccc(OC(=O)O)c3)c1O)C(=O)N2c1ccc(C)c(C)c1. The van der Waals surface area contributed by atoms with Crippen molar-refractivity contribution >= 4 is 34.8 Å². The molecule has 0 atom stereocenters. The van der Waals surface area contributed by atoms with Crippen molar-refractivity contribution in [3.8, 4) is 22.6 Å². The first-order chi connectivity index (χ1) is 18.2. The van der Waals surface area contributed by atoms with E-state index in [1.54, 1.807) is 35.2 Å². The van der Waals surface area contributed by atoms with Crippen LogP contribution < -0.4 is 15.1 Å². The number of hydrogen-bond donors (Lipinski definition) is 3. The number of anilines is 3. The first kappa shape index (κ1) is 24.6. The van der Waals surface area contributed by atoms with Gasteiger partial charge in [0.05, 0.1) is 11.4 Å². The summed E-state index contributed by atoms with van der Waals surface area (Å²) in [6, 6.07) is 23.1. The van der Waals surface area contributed by atoms with Crippen LogP contribution in [0.15, 0.2) is 84.0 Å². The normalized spacial score (nSPS) is 13.5. The summed E-state index contributed by atoms with van der Waals surface area (Å²) in [7, 11) is 0. The van der Waals surface area contributed by atoms with Gasteiger partial charge in [-0.05, 0) is 79.9 Å². The van der Waals surface area contributed by atoms with Gasteiger partial charge in [-0.3, -0.25) is 15.1 Å². The zero-order chi connectivity index (χ0) is 27.0. The van der Waals surface area contributed by atoms with Crippen LogP contribution in [0, 0.1) is 20.8 Å². The highest BCUT2D eigenvalue weighted by Crippen LogP contribution is 2.39. The largest absolute Gasteiger partial charge is 0.511 e. The maximum atomic E-state index is 13.6. The molecular formula is C30H25N3O5. The monoisotopic (exact) mass is 507 g/mol. The van der Waals surface area contributed by atoms with E-state index < -0.39 is 6.16 Å². The number of hydrazone groups is 1. The smallest absolute Gasteiger partial charge is 0.505 e. The van der Waals surface area contributed by atoms with Gasteiger partial charge in [-0.2, -0.15) is 5.10 Å². The summed E-state index contributed by atoms with van der Waals surface area (Å²) < 4.78 is 4.73. The van der Waals surface area contributed by atoms with Gasteiger partial charge in [0.25, 0.3) is 5.91 Å². The van der Waals surface area contributed by atoms with E-state index in [0.29, 0.717) is 16.7 Å². The molecule has 38 heavy (non-hydrogen) atoms. The average molecular weight is 508 g/mol. The molecule has 5 rings (SSSR count). The first-order valence-electron chi connectivity index (χ1n) is 11.9. The summed E-state index contributed by atoms with van der Waals surface area (Å²) >= 11 is 0. The summed E-state index contributed by atoms with van der Waals surface area (Å²) in [5, 5.41) is 24.3. The summed E-state index contributed by atoms with van der Waals surface area (Å²) in [5.41, 5.74) is 9.73. The van der Waals surface area contributed by atoms with Crippen molar-refractivity contribution in [2.45, 2.75) is 20.8 Å². The van der Waals surface area contributed by atoms with Crippen molar-refractivity contribution in [2.75, 3.05) is 10.3 Å². The van der Waals surface area contributed by atoms with E-state index in [9.17, 15) is 14.7 Å². The highest BCUT2D eigenvalue weighted by molar-refractivity contribution is 6.55. The van der Waals surface area contributed by atoms with Crippen molar-refractivity contribution in [3.05, 3.63) is 101 Å². The molecule has 1 heterocycles. The number of hydrogen-bond acceptors (Lipinski definition) is 6. The fourth-order valence-electron chi connectivity index (χ4n) is 4.40. The van der Waals surface area contributed by atoms with Gasteiger partial charge in [-0.1, -0.05) is 42.0 Å². The lowest BCUT2D eigenvalue weighted by Crippen LogP contribution is -2.26. The molecule has 0 spiro atoms. The summed E-state index contributed by atoms with van der Waals surface area (Å²) in [6.45, 7) is 5.98. The van der Waals surface area contributed by atoms with Crippen LogP contribution in [0.3, 0.4) is 0 Å². The Bertz CT molecular complexity index is 1630. The zero-order valence-electron chi connectivity index (χ0n) is 21.0. The van der Waals surface area contributed by atoms with Crippen LogP contribution in [-0.4, -0.2) is 28.0 Å². The minimum absolute atomic E-state index is 0.106. The maximum absolute atomic E-state index is 13.6. The molecule has 8 heteroatoms. The Balaban J connectivity index is 1.51. The standard InChI is InChI=1S/C30H25N3O5/c1-17-10-13-26-24(14-17)27(29(35)33(26)21-12-11-18(2)19(3)15-21)32-31-25-9-5-8-23(28(25)34)20-6-4-7-22(16-20)38-30(36)37/h4-16,31,34H,1-3H3,(H,36,37). The number of carbonyl (C=O) groups excluding carboxylic acids is 1. The van der Waals surface area contributed by atoms with Gasteiger partial charge < -0.3 is 14.9 Å². The molecular weight excluding hydrogens is 482 g/mol. The molecule has 0 radical (unpaired) electrons. The summed E-state index contributed by atoms with van der Waals surface area (Å²) in [4.78, 5) is 26.2. The number of fused-ring (bicyclic) bond motifs is 1. The molecule has 0 bridgehead atoms. The number of aryl methyl sites for hydroxylation is 3. The Morgan fingerprint density at radius 2 is 1.68 bits per heavy atom. The van der Waals surface area contributed by atoms with Crippen LogP contribution in [0.2, 0.25) is 0 Å². The third-order valence-electron chi connectivity index (χ3n) is 6.48. The van der Waals surface area contributed by atoms with Crippen molar-refractivity contribution in [1.29, 1.82) is 0 Å². The van der Waals surface area contributed by atoms with Crippen molar-refractivity contribution in [2.24, 2.45) is 5.10 Å². The molecule has 1 aliphatic rings. The van der Waals surface area contributed by atoms with Gasteiger partial charge in [0, 0.05) is 16.8 Å². The summed E-state index contributed by atoms with van der Waals surface area (Å²) in [5.74, 6) is -0.260. The van der Waals surface area contributed by atoms with Crippen molar-refractivity contribution < 1.29 is 24.5 Å². The van der Waals surface area contributed by atoms with Crippen LogP contribution in [0.25, 0.3) is 11.1 Å². The van der Waals surface area contributed by atoms with E-state index in [1.165, 1.54) is 12.1 Å². The van der Waals surface area contributed by atoms with Gasteiger partial charge in [-0.25, -0.2) is 4.79 Å². The number of amides is 1. The van der Waals surface area contributed by atoms with Crippen molar-refractivity contribution in [1.82, 2.24) is 0 Å². The van der Waals surface area contributed by atoms with Gasteiger partial charge in [0.15, 0.2) is 5.71 Å². The van der Waals surface area contributed by atoms with Crippen LogP contribution in [-0.2, 0) is 4.79 Å². The van der Waals surface area contributed by atoms with E-state index >= 15 is 0 Å². The molecule has 1 aliphatic heterocycles. The number of rotatable bonds is 5. The lowest BCUT2D eigenvalue weighted by atomic mass is 10.0. The molecule has 4 aromatic rings. The van der Waals surface area contributed by atoms with Gasteiger partial charge >= 0.3 is 6.16 Å². The minimum Gasteiger partial charge on any atom is -0.505 e. The molecule has 0 aromatic heterocycles. The number of ether oxygens (including phenoxy) is 1. The Labute approximate surface area is 219 Å². The van der Waals surface area contributed by atoms with Crippen LogP contribution in [0.4, 0.5) is 21.9 Å². The molecule has 4 aromatic carbocycles. The second-order valence-electron chi connectivity index (χ2n) is 9.10. The van der Waals surface area contributed by atoms with Crippen LogP contribution in [0.5, 0.6) is 11.5 Å². The van der Waals surface area contributed by atoms with Crippen LogP contribution >= 0.6 is 0 Å². The number of para-hydroxylation sites is 1. The number of phenols is 1. The highest BCUT2D eigenvalue weighted by Gasteiger charge is 2.35. The Morgan fingerprint density at radius 1 is 0.895 bits per heavy atom. The molecule has 190 valence electrons. The number of carboxylic acid groups (broad SMARTS) is 1. The fraction of sp³-hybridized carbons (Fsp3) is 0.100. The van der Waals surface area contributed by atoms with E-state index in [0.717, 1.165) is 28.1 Å². The number of benzene rings is 4. The lowest BCUT2D eigenvalue weighted by Gasteiger charge is -2.18. The number of phenolic OH excluding ortho intramolecular Hbond substituents is 1. The molecule has 0 saturated heterocycles. The van der Waals surface area contributed by atoms with Gasteiger partial charge in [0.2, 0.25) is 0 Å². The van der Waals surface area contributed by atoms with Crippen LogP contribution in [0.1, 0.15) is 22.3 Å². The number of aromatic hydroxyl groups is 1. The Kier molecular flexibility index (Phi) is 6.30. The maximum Gasteiger partial charge on any atom is 0.511 e. The molecule has 8 nitrogen and oxygen atoms in total. The minimum atomic E-state index is -1.43. The molecule has 0 aliphatic carbocycles. The average Bonchev–Trinajstić information content (AvgIpc) is 3.15. The number of carbonyl (C=O) groups is 2. The predicted octanol–water partition coefficient (Wildman–Crippen LogP) is 6.54. The Hall–Kier alpha value is -5.11. The van der Waals surface area contributed by atoms with E-state index in [2.05, 4.69) is 10.5 Å². The zero-order valence-corrected chi connectivity index (χ0v) is 21.0. The first-order valence-corrected chi connectivity index (χ1v) is 11.9. The predicted molar refractivity (Wildman–Crippen MR) is 147 cm³/mol. The molecule has 0 saturated carbocycles. The van der Waals surface area contributed by atoms with Gasteiger partial charge in [-0.15, -0.1) is 0 Å². The third kappa shape index (κ3) is 4.55. The summed E-state index contributed by atoms with van der Waals surface area (Å²) in [6.07, 6.45) is -1.43. The molecule has 1 amide bonds. The Morgan fingerprint density at radius 3 is 2.45 bits per heavy atom. The second-order valence-corrected chi connectivity index (χ2v) is 9.10. The van der Waals surface area contributed by atoms with Gasteiger partial charge in [0.1, 0.15) is 11.5 Å². The van der Waals surface area contributed by atoms with E-state index in [4.69, 9.17) is 9.84 Å². The number of nitrogens with zero attached hydrogens (tertiary/aromatic N) is 2. The van der Waals surface area contributed by atoms with E-state index in [-0.39, 0.29) is 28.8 Å². The highest BCUT2D eigenvalue weighted by atomic mass is 16.7. The fourth-order valence-corrected chi connectivity index (χ4v) is 4.40. The lowest BCUT2D eigenvalue weighted by molar-refractivity contribution is -0.111. The third-order valence-corrected chi connectivity index (χ3v) is 6.48. The molecule has 0 unspecified atom stereocenters. The number of nitrogens with one attached hydrogen (secondary N) is 1. The topological polar surface area (TPSA) is 111 Å². The quantitative estimate of drug-likeness (QED) is 0.122.